The lowest BCUT2D eigenvalue weighted by Gasteiger charge is -2.33. The summed E-state index contributed by atoms with van der Waals surface area (Å²) >= 11 is 0. The van der Waals surface area contributed by atoms with Crippen molar-refractivity contribution in [3.63, 3.8) is 0 Å². The molecule has 1 aliphatic heterocycles. The van der Waals surface area contributed by atoms with Gasteiger partial charge in [-0.1, -0.05) is 6.07 Å². The third-order valence-corrected chi connectivity index (χ3v) is 4.22. The Hall–Kier alpha value is -1.66. The number of rotatable bonds is 3. The molecule has 1 saturated heterocycles. The number of carbonyl (C=O) groups is 1. The molecule has 1 fully saturated rings. The minimum Gasteiger partial charge on any atom is -0.339 e. The number of benzene rings is 1. The number of nitro groups is 1. The summed E-state index contributed by atoms with van der Waals surface area (Å²) in [5.74, 6) is 0.308. The summed E-state index contributed by atoms with van der Waals surface area (Å²) < 4.78 is 0. The van der Waals surface area contributed by atoms with Gasteiger partial charge in [-0.05, 0) is 38.7 Å². The predicted molar refractivity (Wildman–Crippen MR) is 87.4 cm³/mol. The Balaban J connectivity index is 0.00000242. The fourth-order valence-electron chi connectivity index (χ4n) is 2.75. The average molecular weight is 328 g/mol. The van der Waals surface area contributed by atoms with E-state index in [2.05, 4.69) is 0 Å². The van der Waals surface area contributed by atoms with E-state index >= 15 is 0 Å². The second-order valence-electron chi connectivity index (χ2n) is 5.75. The molecule has 1 unspecified atom stereocenters. The third-order valence-electron chi connectivity index (χ3n) is 4.22. The van der Waals surface area contributed by atoms with Crippen LogP contribution in [0.2, 0.25) is 0 Å². The number of likely N-dealkylation sites (tertiary alicyclic amines) is 1. The number of piperidine rings is 1. The molecule has 0 saturated carbocycles. The molecule has 22 heavy (non-hydrogen) atoms. The first-order valence-electron chi connectivity index (χ1n) is 7.20. The summed E-state index contributed by atoms with van der Waals surface area (Å²) in [4.78, 5) is 24.7. The van der Waals surface area contributed by atoms with Crippen LogP contribution in [-0.4, -0.2) is 34.9 Å². The van der Waals surface area contributed by atoms with E-state index in [0.29, 0.717) is 30.1 Å². The number of amides is 1. The van der Waals surface area contributed by atoms with Crippen molar-refractivity contribution in [3.05, 3.63) is 39.4 Å². The Labute approximate surface area is 136 Å². The smallest absolute Gasteiger partial charge is 0.273 e. The topological polar surface area (TPSA) is 89.5 Å². The summed E-state index contributed by atoms with van der Waals surface area (Å²) in [6.45, 7) is 4.98. The summed E-state index contributed by atoms with van der Waals surface area (Å²) in [5, 5.41) is 11.0. The van der Waals surface area contributed by atoms with Crippen molar-refractivity contribution in [2.45, 2.75) is 32.7 Å². The first-order chi connectivity index (χ1) is 9.90. The Bertz CT molecular complexity index is 555. The van der Waals surface area contributed by atoms with Gasteiger partial charge in [0.25, 0.3) is 11.6 Å². The van der Waals surface area contributed by atoms with Crippen LogP contribution in [-0.2, 0) is 0 Å². The van der Waals surface area contributed by atoms with Gasteiger partial charge in [-0.3, -0.25) is 14.9 Å². The molecule has 1 atom stereocenters. The highest BCUT2D eigenvalue weighted by atomic mass is 35.5. The maximum Gasteiger partial charge on any atom is 0.273 e. The molecule has 0 bridgehead atoms. The predicted octanol–water partition coefficient (Wildman–Crippen LogP) is 2.52. The third kappa shape index (κ3) is 3.96. The zero-order valence-electron chi connectivity index (χ0n) is 12.8. The average Bonchev–Trinajstić information content (AvgIpc) is 2.46. The van der Waals surface area contributed by atoms with Gasteiger partial charge in [0.15, 0.2) is 0 Å². The van der Waals surface area contributed by atoms with Crippen molar-refractivity contribution >= 4 is 24.0 Å². The number of nitrogens with zero attached hydrogens (tertiary/aromatic N) is 2. The van der Waals surface area contributed by atoms with Crippen LogP contribution in [0.5, 0.6) is 0 Å². The van der Waals surface area contributed by atoms with E-state index < -0.39 is 4.92 Å². The van der Waals surface area contributed by atoms with Crippen LogP contribution in [0.25, 0.3) is 0 Å². The van der Waals surface area contributed by atoms with Gasteiger partial charge in [0.05, 0.1) is 4.92 Å². The first-order valence-corrected chi connectivity index (χ1v) is 7.20. The minimum atomic E-state index is -0.450. The Morgan fingerprint density at radius 1 is 1.41 bits per heavy atom. The molecule has 1 aromatic rings. The molecule has 0 radical (unpaired) electrons. The molecule has 1 aliphatic rings. The van der Waals surface area contributed by atoms with E-state index in [1.165, 1.54) is 6.07 Å². The molecule has 1 heterocycles. The number of hydrogen-bond acceptors (Lipinski definition) is 4. The van der Waals surface area contributed by atoms with Crippen molar-refractivity contribution in [1.29, 1.82) is 0 Å². The Morgan fingerprint density at radius 2 is 2.00 bits per heavy atom. The SMILES string of the molecule is Cc1ccc(C(=O)N2CCC(C(C)N)CC2)cc1[N+](=O)[O-].Cl. The summed E-state index contributed by atoms with van der Waals surface area (Å²) in [5.41, 5.74) is 6.83. The molecule has 1 amide bonds. The van der Waals surface area contributed by atoms with Crippen LogP contribution >= 0.6 is 12.4 Å². The molecule has 0 spiro atoms. The molecular formula is C15H22ClN3O3. The second-order valence-corrected chi connectivity index (χ2v) is 5.75. The minimum absolute atomic E-state index is 0. The van der Waals surface area contributed by atoms with Crippen molar-refractivity contribution in [2.75, 3.05) is 13.1 Å². The molecule has 122 valence electrons. The Kier molecular flexibility index (Phi) is 6.32. The standard InChI is InChI=1S/C15H21N3O3.ClH/c1-10-3-4-13(9-14(10)18(20)21)15(19)17-7-5-12(6-8-17)11(2)16;/h3-4,9,11-12H,5-8,16H2,1-2H3;1H. The van der Waals surface area contributed by atoms with E-state index in [4.69, 9.17) is 5.73 Å². The fourth-order valence-corrected chi connectivity index (χ4v) is 2.75. The summed E-state index contributed by atoms with van der Waals surface area (Å²) in [6, 6.07) is 4.79. The molecule has 1 aromatic carbocycles. The highest BCUT2D eigenvalue weighted by Crippen LogP contribution is 2.24. The number of nitrogens with two attached hydrogens (primary N) is 1. The van der Waals surface area contributed by atoms with Crippen LogP contribution in [0.4, 0.5) is 5.69 Å². The molecule has 0 aliphatic carbocycles. The monoisotopic (exact) mass is 327 g/mol. The van der Waals surface area contributed by atoms with Gasteiger partial charge in [0, 0.05) is 36.3 Å². The lowest BCUT2D eigenvalue weighted by atomic mass is 9.90. The molecule has 2 N–H and O–H groups in total. The number of nitro benzene ring substituents is 1. The van der Waals surface area contributed by atoms with Gasteiger partial charge in [0.1, 0.15) is 0 Å². The van der Waals surface area contributed by atoms with Crippen molar-refractivity contribution < 1.29 is 9.72 Å². The Morgan fingerprint density at radius 3 is 2.50 bits per heavy atom. The number of aryl methyl sites for hydroxylation is 1. The largest absolute Gasteiger partial charge is 0.339 e. The normalized spacial score (nSPS) is 16.8. The van der Waals surface area contributed by atoms with E-state index in [9.17, 15) is 14.9 Å². The maximum atomic E-state index is 12.4. The maximum absolute atomic E-state index is 12.4. The molecule has 7 heteroatoms. The second kappa shape index (κ2) is 7.56. The molecule has 0 aromatic heterocycles. The zero-order chi connectivity index (χ0) is 15.6. The van der Waals surface area contributed by atoms with E-state index in [0.717, 1.165) is 12.8 Å². The molecule has 6 nitrogen and oxygen atoms in total. The van der Waals surface area contributed by atoms with Crippen molar-refractivity contribution in [2.24, 2.45) is 11.7 Å². The van der Waals surface area contributed by atoms with Gasteiger partial charge in [-0.2, -0.15) is 0 Å². The molecular weight excluding hydrogens is 306 g/mol. The first kappa shape index (κ1) is 18.4. The number of carbonyl (C=O) groups excluding carboxylic acids is 1. The summed E-state index contributed by atoms with van der Waals surface area (Å²) in [6.07, 6.45) is 1.77. The van der Waals surface area contributed by atoms with Crippen molar-refractivity contribution in [1.82, 2.24) is 4.90 Å². The highest BCUT2D eigenvalue weighted by molar-refractivity contribution is 5.95. The van der Waals surface area contributed by atoms with E-state index in [-0.39, 0.29) is 30.0 Å². The van der Waals surface area contributed by atoms with E-state index in [1.54, 1.807) is 24.0 Å². The summed E-state index contributed by atoms with van der Waals surface area (Å²) in [7, 11) is 0. The van der Waals surface area contributed by atoms with Gasteiger partial charge in [-0.15, -0.1) is 12.4 Å². The fraction of sp³-hybridized carbons (Fsp3) is 0.533. The van der Waals surface area contributed by atoms with Crippen LogP contribution in [0, 0.1) is 23.0 Å². The zero-order valence-corrected chi connectivity index (χ0v) is 13.6. The quantitative estimate of drug-likeness (QED) is 0.682. The highest BCUT2D eigenvalue weighted by Gasteiger charge is 2.26. The van der Waals surface area contributed by atoms with Crippen LogP contribution in [0.3, 0.4) is 0 Å². The lowest BCUT2D eigenvalue weighted by molar-refractivity contribution is -0.385. The van der Waals surface area contributed by atoms with Crippen LogP contribution in [0.15, 0.2) is 18.2 Å². The van der Waals surface area contributed by atoms with Gasteiger partial charge >= 0.3 is 0 Å². The van der Waals surface area contributed by atoms with Gasteiger partial charge < -0.3 is 10.6 Å². The van der Waals surface area contributed by atoms with Crippen LogP contribution < -0.4 is 5.73 Å². The van der Waals surface area contributed by atoms with Crippen molar-refractivity contribution in [3.8, 4) is 0 Å². The number of halogens is 1. The van der Waals surface area contributed by atoms with Crippen LogP contribution in [0.1, 0.15) is 35.7 Å². The lowest BCUT2D eigenvalue weighted by Crippen LogP contribution is -2.42. The molecule has 2 rings (SSSR count). The van der Waals surface area contributed by atoms with Gasteiger partial charge in [0.2, 0.25) is 0 Å². The van der Waals surface area contributed by atoms with E-state index in [1.807, 2.05) is 6.92 Å². The number of hydrogen-bond donors (Lipinski definition) is 1. The van der Waals surface area contributed by atoms with Gasteiger partial charge in [-0.25, -0.2) is 0 Å².